The highest BCUT2D eigenvalue weighted by atomic mass is 16.5. The van der Waals surface area contributed by atoms with E-state index in [0.717, 1.165) is 0 Å². The number of piperidine rings is 1. The summed E-state index contributed by atoms with van der Waals surface area (Å²) < 4.78 is 5.51. The molecule has 0 saturated carbocycles. The molecule has 7 nitrogen and oxygen atoms in total. The van der Waals surface area contributed by atoms with Gasteiger partial charge in [0.05, 0.1) is 11.3 Å². The smallest absolute Gasteiger partial charge is 0.339 e. The van der Waals surface area contributed by atoms with Crippen molar-refractivity contribution in [2.24, 2.45) is 0 Å². The molecule has 1 aliphatic heterocycles. The number of carboxylic acid groups (broad SMARTS) is 1. The van der Waals surface area contributed by atoms with E-state index in [1.807, 2.05) is 30.3 Å². The molecular weight excluding hydrogens is 334 g/mol. The molecule has 26 heavy (non-hydrogen) atoms. The summed E-state index contributed by atoms with van der Waals surface area (Å²) in [6.07, 6.45) is 2.72. The van der Waals surface area contributed by atoms with Crippen LogP contribution in [0, 0.1) is 6.92 Å². The number of hydrogen-bond acceptors (Lipinski definition) is 5. The van der Waals surface area contributed by atoms with Gasteiger partial charge in [-0.25, -0.2) is 14.8 Å². The first kappa shape index (κ1) is 17.8. The highest BCUT2D eigenvalue weighted by molar-refractivity contribution is 5.88. The molecule has 7 heteroatoms. The van der Waals surface area contributed by atoms with Crippen LogP contribution in [0.2, 0.25) is 0 Å². The van der Waals surface area contributed by atoms with E-state index in [0.29, 0.717) is 43.2 Å². The summed E-state index contributed by atoms with van der Waals surface area (Å²) in [4.78, 5) is 33.8. The number of benzene rings is 1. The number of hydrogen-bond donors (Lipinski definition) is 1. The van der Waals surface area contributed by atoms with Gasteiger partial charge in [-0.1, -0.05) is 18.2 Å². The van der Waals surface area contributed by atoms with Gasteiger partial charge in [-0.2, -0.15) is 0 Å². The fraction of sp³-hybridized carbons (Fsp3) is 0.368. The molecule has 0 atom stereocenters. The number of aryl methyl sites for hydroxylation is 1. The molecule has 0 aliphatic carbocycles. The van der Waals surface area contributed by atoms with Crippen molar-refractivity contribution >= 4 is 11.9 Å². The fourth-order valence-electron chi connectivity index (χ4n) is 3.12. The van der Waals surface area contributed by atoms with Gasteiger partial charge in [-0.3, -0.25) is 4.79 Å². The van der Waals surface area contributed by atoms with Crippen LogP contribution in [0.15, 0.2) is 36.5 Å². The number of likely N-dealkylation sites (tertiary alicyclic amines) is 1. The van der Waals surface area contributed by atoms with Crippen molar-refractivity contribution in [2.45, 2.75) is 25.7 Å². The lowest BCUT2D eigenvalue weighted by Gasteiger charge is -2.32. The predicted octanol–water partition coefficient (Wildman–Crippen LogP) is 2.27. The molecule has 0 radical (unpaired) electrons. The molecule has 136 valence electrons. The first-order valence-electron chi connectivity index (χ1n) is 8.57. The molecule has 1 fully saturated rings. The van der Waals surface area contributed by atoms with Crippen molar-refractivity contribution in [3.05, 3.63) is 53.6 Å². The molecule has 1 saturated heterocycles. The lowest BCUT2D eigenvalue weighted by molar-refractivity contribution is -0.134. The van der Waals surface area contributed by atoms with E-state index >= 15 is 0 Å². The number of amides is 1. The molecule has 3 rings (SSSR count). The average Bonchev–Trinajstić information content (AvgIpc) is 2.66. The lowest BCUT2D eigenvalue weighted by atomic mass is 9.90. The molecule has 1 aliphatic rings. The molecule has 1 amide bonds. The third-order valence-electron chi connectivity index (χ3n) is 4.51. The average molecular weight is 355 g/mol. The SMILES string of the molecule is Cc1ncc(C(=O)O)c(C2CCN(C(=O)COc3ccccc3)CC2)n1. The van der Waals surface area contributed by atoms with Crippen LogP contribution in [-0.2, 0) is 4.79 Å². The highest BCUT2D eigenvalue weighted by Gasteiger charge is 2.28. The maximum Gasteiger partial charge on any atom is 0.339 e. The summed E-state index contributed by atoms with van der Waals surface area (Å²) in [6.45, 7) is 2.86. The number of aromatic carboxylic acids is 1. The molecular formula is C19H21N3O4. The van der Waals surface area contributed by atoms with E-state index in [-0.39, 0.29) is 24.0 Å². The van der Waals surface area contributed by atoms with Crippen molar-refractivity contribution < 1.29 is 19.4 Å². The van der Waals surface area contributed by atoms with Crippen LogP contribution in [0.4, 0.5) is 0 Å². The summed E-state index contributed by atoms with van der Waals surface area (Å²) in [5, 5.41) is 9.34. The second-order valence-corrected chi connectivity index (χ2v) is 6.28. The maximum absolute atomic E-state index is 12.3. The van der Waals surface area contributed by atoms with E-state index in [2.05, 4.69) is 9.97 Å². The standard InChI is InChI=1S/C19H21N3O4/c1-13-20-11-16(19(24)25)18(21-13)14-7-9-22(10-8-14)17(23)12-26-15-5-3-2-4-6-15/h2-6,11,14H,7-10,12H2,1H3,(H,24,25). The summed E-state index contributed by atoms with van der Waals surface area (Å²) >= 11 is 0. The zero-order valence-corrected chi connectivity index (χ0v) is 14.6. The van der Waals surface area contributed by atoms with Gasteiger partial charge in [0.15, 0.2) is 6.61 Å². The molecule has 1 aromatic heterocycles. The van der Waals surface area contributed by atoms with Crippen LogP contribution in [0.25, 0.3) is 0 Å². The van der Waals surface area contributed by atoms with Gasteiger partial charge in [0, 0.05) is 25.2 Å². The second-order valence-electron chi connectivity index (χ2n) is 6.28. The Bertz CT molecular complexity index is 787. The Morgan fingerprint density at radius 3 is 2.58 bits per heavy atom. The van der Waals surface area contributed by atoms with Crippen LogP contribution in [0.5, 0.6) is 5.75 Å². The monoisotopic (exact) mass is 355 g/mol. The zero-order valence-electron chi connectivity index (χ0n) is 14.6. The van der Waals surface area contributed by atoms with Crippen molar-refractivity contribution in [3.8, 4) is 5.75 Å². The number of carbonyl (C=O) groups excluding carboxylic acids is 1. The quantitative estimate of drug-likeness (QED) is 0.884. The Morgan fingerprint density at radius 2 is 1.92 bits per heavy atom. The topological polar surface area (TPSA) is 92.6 Å². The maximum atomic E-state index is 12.3. The van der Waals surface area contributed by atoms with Gasteiger partial charge >= 0.3 is 5.97 Å². The normalized spacial score (nSPS) is 14.9. The zero-order chi connectivity index (χ0) is 18.5. The van der Waals surface area contributed by atoms with Gasteiger partial charge in [-0.15, -0.1) is 0 Å². The van der Waals surface area contributed by atoms with Crippen molar-refractivity contribution in [1.29, 1.82) is 0 Å². The van der Waals surface area contributed by atoms with Crippen LogP contribution < -0.4 is 4.74 Å². The number of aromatic nitrogens is 2. The number of nitrogens with zero attached hydrogens (tertiary/aromatic N) is 3. The molecule has 2 aromatic rings. The Labute approximate surface area is 151 Å². The summed E-state index contributed by atoms with van der Waals surface area (Å²) in [5.74, 6) is 0.152. The molecule has 1 aromatic carbocycles. The van der Waals surface area contributed by atoms with Gasteiger partial charge in [0.25, 0.3) is 5.91 Å². The van der Waals surface area contributed by atoms with Crippen LogP contribution in [0.3, 0.4) is 0 Å². The van der Waals surface area contributed by atoms with Crippen molar-refractivity contribution in [3.63, 3.8) is 0 Å². The van der Waals surface area contributed by atoms with Gasteiger partial charge in [-0.05, 0) is 31.9 Å². The Morgan fingerprint density at radius 1 is 1.23 bits per heavy atom. The minimum Gasteiger partial charge on any atom is -0.484 e. The van der Waals surface area contributed by atoms with E-state index < -0.39 is 5.97 Å². The fourth-order valence-corrected chi connectivity index (χ4v) is 3.12. The van der Waals surface area contributed by atoms with Crippen molar-refractivity contribution in [2.75, 3.05) is 19.7 Å². The summed E-state index contributed by atoms with van der Waals surface area (Å²) in [6, 6.07) is 9.22. The van der Waals surface area contributed by atoms with Gasteiger partial charge < -0.3 is 14.7 Å². The molecule has 1 N–H and O–H groups in total. The number of carboxylic acids is 1. The van der Waals surface area contributed by atoms with Crippen LogP contribution >= 0.6 is 0 Å². The third kappa shape index (κ3) is 4.17. The van der Waals surface area contributed by atoms with E-state index in [1.54, 1.807) is 11.8 Å². The summed E-state index contributed by atoms with van der Waals surface area (Å²) in [7, 11) is 0. The predicted molar refractivity (Wildman–Crippen MR) is 94.2 cm³/mol. The number of rotatable bonds is 5. The number of carbonyl (C=O) groups is 2. The minimum atomic E-state index is -1.02. The molecule has 2 heterocycles. The largest absolute Gasteiger partial charge is 0.484 e. The lowest BCUT2D eigenvalue weighted by Crippen LogP contribution is -2.40. The minimum absolute atomic E-state index is 0.00166. The number of para-hydroxylation sites is 1. The van der Waals surface area contributed by atoms with E-state index in [1.165, 1.54) is 6.20 Å². The van der Waals surface area contributed by atoms with Gasteiger partial charge in [0.1, 0.15) is 11.6 Å². The van der Waals surface area contributed by atoms with Crippen LogP contribution in [-0.4, -0.2) is 51.5 Å². The molecule has 0 unspecified atom stereocenters. The molecule has 0 bridgehead atoms. The third-order valence-corrected chi connectivity index (χ3v) is 4.51. The Balaban J connectivity index is 1.58. The van der Waals surface area contributed by atoms with E-state index in [9.17, 15) is 14.7 Å². The second kappa shape index (κ2) is 7.95. The van der Waals surface area contributed by atoms with Crippen molar-refractivity contribution in [1.82, 2.24) is 14.9 Å². The summed E-state index contributed by atoms with van der Waals surface area (Å²) in [5.41, 5.74) is 0.713. The Kier molecular flexibility index (Phi) is 5.46. The first-order chi connectivity index (χ1) is 12.5. The number of ether oxygens (including phenoxy) is 1. The Hall–Kier alpha value is -2.96. The molecule has 0 spiro atoms. The van der Waals surface area contributed by atoms with Crippen LogP contribution in [0.1, 0.15) is 40.6 Å². The highest BCUT2D eigenvalue weighted by Crippen LogP contribution is 2.29. The van der Waals surface area contributed by atoms with Gasteiger partial charge in [0.2, 0.25) is 0 Å². The van der Waals surface area contributed by atoms with E-state index in [4.69, 9.17) is 4.74 Å². The first-order valence-corrected chi connectivity index (χ1v) is 8.57.